The van der Waals surface area contributed by atoms with Gasteiger partial charge in [-0.2, -0.15) is 17.6 Å². The van der Waals surface area contributed by atoms with E-state index in [0.717, 1.165) is 12.8 Å². The van der Waals surface area contributed by atoms with Crippen molar-refractivity contribution in [3.63, 3.8) is 0 Å². The van der Waals surface area contributed by atoms with Crippen LogP contribution in [0.2, 0.25) is 0 Å². The van der Waals surface area contributed by atoms with Crippen LogP contribution in [0.25, 0.3) is 0 Å². The normalized spacial score (nSPS) is 30.2. The molecule has 0 saturated carbocycles. The first-order valence-corrected chi connectivity index (χ1v) is 11.2. The molecule has 1 aliphatic heterocycles. The summed E-state index contributed by atoms with van der Waals surface area (Å²) in [6.07, 6.45) is 0.933. The van der Waals surface area contributed by atoms with Crippen LogP contribution in [0.1, 0.15) is 51.9 Å². The van der Waals surface area contributed by atoms with Gasteiger partial charge in [-0.1, -0.05) is 36.0 Å². The molecule has 0 aromatic rings. The first-order valence-electron chi connectivity index (χ1n) is 11.2. The van der Waals surface area contributed by atoms with Crippen LogP contribution >= 0.6 is 0 Å². The second-order valence-corrected chi connectivity index (χ2v) is 8.47. The highest BCUT2D eigenvalue weighted by atomic mass is 19.3. The van der Waals surface area contributed by atoms with Crippen molar-refractivity contribution in [2.45, 2.75) is 82.6 Å². The van der Waals surface area contributed by atoms with E-state index in [1.807, 2.05) is 25.2 Å². The molecule has 0 spiro atoms. The van der Waals surface area contributed by atoms with Crippen LogP contribution in [0.3, 0.4) is 0 Å². The van der Waals surface area contributed by atoms with Crippen molar-refractivity contribution >= 4 is 0 Å². The summed E-state index contributed by atoms with van der Waals surface area (Å²) < 4.78 is 78.2. The number of hydrogen-bond acceptors (Lipinski definition) is 4. The van der Waals surface area contributed by atoms with Crippen molar-refractivity contribution in [1.29, 1.82) is 0 Å². The molecule has 0 aromatic heterocycles. The van der Waals surface area contributed by atoms with Crippen LogP contribution < -0.4 is 0 Å². The maximum atomic E-state index is 14.7. The minimum absolute atomic E-state index is 0.0421. The first-order chi connectivity index (χ1) is 15.2. The number of rotatable bonds is 9. The summed E-state index contributed by atoms with van der Waals surface area (Å²) in [5, 5.41) is 0. The van der Waals surface area contributed by atoms with Gasteiger partial charge in [0.1, 0.15) is 0 Å². The van der Waals surface area contributed by atoms with E-state index in [2.05, 4.69) is 6.58 Å². The van der Waals surface area contributed by atoms with Gasteiger partial charge in [-0.05, 0) is 51.9 Å². The van der Waals surface area contributed by atoms with Gasteiger partial charge in [-0.3, -0.25) is 0 Å². The van der Waals surface area contributed by atoms with Crippen molar-refractivity contribution in [1.82, 2.24) is 0 Å². The van der Waals surface area contributed by atoms with Crippen molar-refractivity contribution in [3.05, 3.63) is 48.1 Å². The highest BCUT2D eigenvalue weighted by molar-refractivity contribution is 5.15. The van der Waals surface area contributed by atoms with Gasteiger partial charge in [-0.15, -0.1) is 6.58 Å². The maximum absolute atomic E-state index is 14.7. The summed E-state index contributed by atoms with van der Waals surface area (Å²) in [4.78, 5) is 0. The van der Waals surface area contributed by atoms with Gasteiger partial charge in [0.15, 0.2) is 0 Å². The molecule has 0 aromatic carbocycles. The van der Waals surface area contributed by atoms with Crippen LogP contribution in [0.4, 0.5) is 17.6 Å². The third-order valence-corrected chi connectivity index (χ3v) is 5.98. The zero-order valence-electron chi connectivity index (χ0n) is 18.4. The van der Waals surface area contributed by atoms with Gasteiger partial charge in [-0.25, -0.2) is 0 Å². The van der Waals surface area contributed by atoms with Gasteiger partial charge in [0.05, 0.1) is 25.4 Å². The molecule has 4 nitrogen and oxygen atoms in total. The number of alkyl halides is 4. The van der Waals surface area contributed by atoms with E-state index in [9.17, 15) is 17.6 Å². The Morgan fingerprint density at radius 3 is 2.25 bits per heavy atom. The maximum Gasteiger partial charge on any atom is 0.406 e. The van der Waals surface area contributed by atoms with Gasteiger partial charge in [0.2, 0.25) is 0 Å². The van der Waals surface area contributed by atoms with E-state index in [1.54, 1.807) is 6.08 Å². The molecule has 0 amide bonds. The molecule has 0 bridgehead atoms. The monoisotopic (exact) mass is 460 g/mol. The third-order valence-electron chi connectivity index (χ3n) is 5.98. The Kier molecular flexibility index (Phi) is 8.72. The topological polar surface area (TPSA) is 36.9 Å². The fourth-order valence-electron chi connectivity index (χ4n) is 4.02. The smallest absolute Gasteiger partial charge is 0.344 e. The Bertz CT molecular complexity index is 724. The number of allylic oxidation sites excluding steroid dienone is 3. The molecular formula is C24H32F4O4. The summed E-state index contributed by atoms with van der Waals surface area (Å²) in [6, 6.07) is 0. The van der Waals surface area contributed by atoms with Gasteiger partial charge in [0.25, 0.3) is 6.29 Å². The average molecular weight is 461 g/mol. The molecule has 1 saturated heterocycles. The van der Waals surface area contributed by atoms with E-state index in [4.69, 9.17) is 18.9 Å². The molecule has 0 N–H and O–H groups in total. The minimum atomic E-state index is -3.67. The Morgan fingerprint density at radius 2 is 1.69 bits per heavy atom. The number of ether oxygens (including phenoxy) is 4. The quantitative estimate of drug-likeness (QED) is 0.299. The molecule has 2 atom stereocenters. The second kappa shape index (κ2) is 11.1. The lowest BCUT2D eigenvalue weighted by Gasteiger charge is -2.35. The highest BCUT2D eigenvalue weighted by Crippen LogP contribution is 2.39. The third kappa shape index (κ3) is 6.76. The standard InChI is InChI=1S/C24H32F4O4/c1-3-5-6-18-7-11-20(12-8-18)31-23(25,26)19-9-13-21(14-10-19)32-24(27,28)22-29-15-17(4-2)16-30-22/h3-5,7,9,17,20-22H,2,6,8,10-16H2,1H3. The molecule has 2 aliphatic carbocycles. The van der Waals surface area contributed by atoms with Crippen LogP contribution in [0, 0.1) is 5.92 Å². The first kappa shape index (κ1) is 25.1. The number of halogens is 4. The van der Waals surface area contributed by atoms with Crippen LogP contribution in [0.5, 0.6) is 0 Å². The van der Waals surface area contributed by atoms with Crippen molar-refractivity contribution in [3.8, 4) is 0 Å². The zero-order valence-corrected chi connectivity index (χ0v) is 18.4. The highest BCUT2D eigenvalue weighted by Gasteiger charge is 2.48. The predicted octanol–water partition coefficient (Wildman–Crippen LogP) is 6.30. The predicted molar refractivity (Wildman–Crippen MR) is 112 cm³/mol. The largest absolute Gasteiger partial charge is 0.406 e. The van der Waals surface area contributed by atoms with Crippen molar-refractivity contribution < 1.29 is 36.5 Å². The van der Waals surface area contributed by atoms with E-state index in [0.29, 0.717) is 12.8 Å². The second-order valence-electron chi connectivity index (χ2n) is 8.47. The Morgan fingerprint density at radius 1 is 1.03 bits per heavy atom. The van der Waals surface area contributed by atoms with Gasteiger partial charge in [0, 0.05) is 11.5 Å². The van der Waals surface area contributed by atoms with Crippen LogP contribution in [0.15, 0.2) is 48.1 Å². The Balaban J connectivity index is 1.48. The molecule has 32 heavy (non-hydrogen) atoms. The van der Waals surface area contributed by atoms with E-state index in [1.165, 1.54) is 11.6 Å². The molecule has 3 rings (SSSR count). The summed E-state index contributed by atoms with van der Waals surface area (Å²) >= 11 is 0. The van der Waals surface area contributed by atoms with E-state index >= 15 is 0 Å². The fraction of sp³-hybridized carbons (Fsp3) is 0.667. The molecule has 180 valence electrons. The zero-order chi connectivity index (χ0) is 23.2. The van der Waals surface area contributed by atoms with Gasteiger partial charge >= 0.3 is 12.2 Å². The van der Waals surface area contributed by atoms with Crippen LogP contribution in [-0.4, -0.2) is 43.9 Å². The fourth-order valence-corrected chi connectivity index (χ4v) is 4.02. The molecule has 1 heterocycles. The van der Waals surface area contributed by atoms with Gasteiger partial charge < -0.3 is 18.9 Å². The molecule has 1 fully saturated rings. The van der Waals surface area contributed by atoms with E-state index in [-0.39, 0.29) is 44.0 Å². The molecule has 8 heteroatoms. The van der Waals surface area contributed by atoms with Crippen molar-refractivity contribution in [2.24, 2.45) is 5.92 Å². The lowest BCUT2D eigenvalue weighted by Crippen LogP contribution is -2.47. The Hall–Kier alpha value is -1.48. The Labute approximate surface area is 186 Å². The van der Waals surface area contributed by atoms with Crippen molar-refractivity contribution in [2.75, 3.05) is 13.2 Å². The summed E-state index contributed by atoms with van der Waals surface area (Å²) in [5.41, 5.74) is 1.05. The average Bonchev–Trinajstić information content (AvgIpc) is 2.78. The molecule has 0 radical (unpaired) electrons. The SMILES string of the molecule is C=CC1COC(C(F)(F)OC2CC=C(C(F)(F)OC3CC=C(CC=CC)CC3)CC2)OC1. The molecular weight excluding hydrogens is 428 g/mol. The summed E-state index contributed by atoms with van der Waals surface area (Å²) in [6.45, 7) is 5.66. The van der Waals surface area contributed by atoms with Crippen LogP contribution in [-0.2, 0) is 18.9 Å². The summed E-state index contributed by atoms with van der Waals surface area (Å²) in [7, 11) is 0. The number of hydrogen-bond donors (Lipinski definition) is 0. The molecule has 2 unspecified atom stereocenters. The minimum Gasteiger partial charge on any atom is -0.344 e. The lowest BCUT2D eigenvalue weighted by molar-refractivity contribution is -0.387. The molecule has 3 aliphatic rings. The summed E-state index contributed by atoms with van der Waals surface area (Å²) in [5.74, 6) is -0.149. The lowest BCUT2D eigenvalue weighted by atomic mass is 9.94. The van der Waals surface area contributed by atoms with E-state index < -0.39 is 30.7 Å².